The Morgan fingerprint density at radius 3 is 2.48 bits per heavy atom. The first-order chi connectivity index (χ1) is 13.0. The van der Waals surface area contributed by atoms with Crippen LogP contribution in [0.5, 0.6) is 0 Å². The third-order valence-corrected chi connectivity index (χ3v) is 4.83. The van der Waals surface area contributed by atoms with Crippen molar-refractivity contribution in [2.75, 3.05) is 11.4 Å². The fourth-order valence-electron chi connectivity index (χ4n) is 2.97. The van der Waals surface area contributed by atoms with Gasteiger partial charge in [-0.25, -0.2) is 0 Å². The number of carbonyl (C=O) groups excluding carboxylic acids is 1. The third-order valence-electron chi connectivity index (χ3n) is 4.59. The molecule has 1 aliphatic rings. The maximum atomic E-state index is 12.8. The van der Waals surface area contributed by atoms with E-state index < -0.39 is 5.97 Å². The van der Waals surface area contributed by atoms with Crippen LogP contribution < -0.4 is 4.90 Å². The fourth-order valence-corrected chi connectivity index (χ4v) is 3.14. The van der Waals surface area contributed by atoms with Crippen LogP contribution in [-0.4, -0.2) is 29.2 Å². The molecule has 6 heteroatoms. The molecule has 27 heavy (non-hydrogen) atoms. The molecule has 2 N–H and O–H groups in total. The minimum Gasteiger partial charge on any atom is -0.481 e. The van der Waals surface area contributed by atoms with Crippen LogP contribution in [0.4, 0.5) is 5.69 Å². The number of carboxylic acids is 1. The minimum atomic E-state index is -0.965. The summed E-state index contributed by atoms with van der Waals surface area (Å²) in [5, 5.41) is 18.1. The van der Waals surface area contributed by atoms with Crippen LogP contribution in [0, 0.1) is 11.3 Å². The van der Waals surface area contributed by atoms with Crippen molar-refractivity contribution < 1.29 is 14.7 Å². The van der Waals surface area contributed by atoms with E-state index in [1.54, 1.807) is 18.2 Å². The number of carbonyl (C=O) groups is 2. The number of hydrogen-bond donors (Lipinski definition) is 2. The van der Waals surface area contributed by atoms with Crippen LogP contribution in [0.15, 0.2) is 48.5 Å². The second-order valence-corrected chi connectivity index (χ2v) is 7.18. The topological polar surface area (TPSA) is 81.5 Å². The minimum absolute atomic E-state index is 0.0671. The number of amides is 1. The Labute approximate surface area is 163 Å². The van der Waals surface area contributed by atoms with Crippen LogP contribution in [0.2, 0.25) is 5.02 Å². The highest BCUT2D eigenvalue weighted by Gasteiger charge is 2.29. The lowest BCUT2D eigenvalue weighted by atomic mass is 9.99. The molecule has 5 nitrogen and oxygen atoms in total. The Bertz CT molecular complexity index is 863. The van der Waals surface area contributed by atoms with Crippen molar-refractivity contribution in [1.29, 1.82) is 5.41 Å². The van der Waals surface area contributed by atoms with Gasteiger partial charge >= 0.3 is 5.97 Å². The summed E-state index contributed by atoms with van der Waals surface area (Å²) in [5.41, 5.74) is 1.99. The average molecular weight is 385 g/mol. The standard InChI is InChI=1S/C21H21ClN2O3/c22-16-8-9-18(17(13-16)21(23)15-4-2-1-3-5-15)24(11-10-20(26)27)19(25)12-14-6-7-14/h1-5,8-9,13-14,23H,6-7,10-12H2,(H,26,27). The predicted molar refractivity (Wildman–Crippen MR) is 106 cm³/mol. The van der Waals surface area contributed by atoms with Gasteiger partial charge < -0.3 is 10.0 Å². The molecule has 1 aliphatic carbocycles. The third kappa shape index (κ3) is 4.95. The Morgan fingerprint density at radius 1 is 1.15 bits per heavy atom. The smallest absolute Gasteiger partial charge is 0.305 e. The first kappa shape index (κ1) is 19.1. The lowest BCUT2D eigenvalue weighted by Crippen LogP contribution is -2.34. The number of hydrogen-bond acceptors (Lipinski definition) is 3. The summed E-state index contributed by atoms with van der Waals surface area (Å²) >= 11 is 6.16. The molecular formula is C21H21ClN2O3. The highest BCUT2D eigenvalue weighted by molar-refractivity contribution is 6.31. The zero-order valence-corrected chi connectivity index (χ0v) is 15.6. The number of aliphatic carboxylic acids is 1. The van der Waals surface area contributed by atoms with Gasteiger partial charge in [-0.3, -0.25) is 15.0 Å². The molecule has 0 spiro atoms. The Morgan fingerprint density at radius 2 is 1.85 bits per heavy atom. The van der Waals surface area contributed by atoms with Crippen molar-refractivity contribution in [2.45, 2.75) is 25.7 Å². The summed E-state index contributed by atoms with van der Waals surface area (Å²) in [5.74, 6) is -0.690. The number of nitrogens with zero attached hydrogens (tertiary/aromatic N) is 1. The van der Waals surface area contributed by atoms with Crippen molar-refractivity contribution in [3.05, 3.63) is 64.7 Å². The molecule has 140 valence electrons. The molecule has 2 aromatic rings. The van der Waals surface area contributed by atoms with Crippen LogP contribution in [0.25, 0.3) is 0 Å². The predicted octanol–water partition coefficient (Wildman–Crippen LogP) is 4.36. The summed E-state index contributed by atoms with van der Waals surface area (Å²) in [6, 6.07) is 14.2. The van der Waals surface area contributed by atoms with Gasteiger partial charge in [-0.1, -0.05) is 41.9 Å². The molecule has 3 rings (SSSR count). The molecule has 2 aromatic carbocycles. The second-order valence-electron chi connectivity index (χ2n) is 6.74. The quantitative estimate of drug-likeness (QED) is 0.663. The number of anilines is 1. The van der Waals surface area contributed by atoms with Crippen LogP contribution in [0.1, 0.15) is 36.8 Å². The molecule has 1 fully saturated rings. The van der Waals surface area contributed by atoms with Crippen molar-refractivity contribution in [3.63, 3.8) is 0 Å². The molecule has 1 amide bonds. The van der Waals surface area contributed by atoms with E-state index in [9.17, 15) is 9.59 Å². The Hall–Kier alpha value is -2.66. The van der Waals surface area contributed by atoms with E-state index in [2.05, 4.69) is 0 Å². The van der Waals surface area contributed by atoms with Gasteiger partial charge in [0.05, 0.1) is 17.8 Å². The fraction of sp³-hybridized carbons (Fsp3) is 0.286. The number of halogens is 1. The summed E-state index contributed by atoms with van der Waals surface area (Å²) in [6.45, 7) is 0.0671. The molecule has 0 atom stereocenters. The normalized spacial score (nSPS) is 13.2. The Kier molecular flexibility index (Phi) is 5.91. The number of carboxylic acid groups (broad SMARTS) is 1. The average Bonchev–Trinajstić information content (AvgIpc) is 3.46. The van der Waals surface area contributed by atoms with Crippen molar-refractivity contribution in [3.8, 4) is 0 Å². The SMILES string of the molecule is N=C(c1ccccc1)c1cc(Cl)ccc1N(CCC(=O)O)C(=O)CC1CC1. The van der Waals surface area contributed by atoms with E-state index in [1.165, 1.54) is 4.90 Å². The maximum absolute atomic E-state index is 12.8. The summed E-state index contributed by atoms with van der Waals surface area (Å²) in [4.78, 5) is 25.4. The highest BCUT2D eigenvalue weighted by atomic mass is 35.5. The van der Waals surface area contributed by atoms with Crippen LogP contribution in [-0.2, 0) is 9.59 Å². The van der Waals surface area contributed by atoms with Gasteiger partial charge in [-0.2, -0.15) is 0 Å². The summed E-state index contributed by atoms with van der Waals surface area (Å²) in [6.07, 6.45) is 2.31. The van der Waals surface area contributed by atoms with E-state index in [0.29, 0.717) is 34.2 Å². The lowest BCUT2D eigenvalue weighted by molar-refractivity contribution is -0.136. The number of benzene rings is 2. The van der Waals surface area contributed by atoms with E-state index in [1.807, 2.05) is 30.3 Å². The van der Waals surface area contributed by atoms with Gasteiger partial charge in [0, 0.05) is 29.1 Å². The molecule has 0 aromatic heterocycles. The lowest BCUT2D eigenvalue weighted by Gasteiger charge is -2.25. The summed E-state index contributed by atoms with van der Waals surface area (Å²) in [7, 11) is 0. The first-order valence-electron chi connectivity index (χ1n) is 8.91. The second kappa shape index (κ2) is 8.35. The van der Waals surface area contributed by atoms with Crippen molar-refractivity contribution >= 4 is 34.9 Å². The summed E-state index contributed by atoms with van der Waals surface area (Å²) < 4.78 is 0. The van der Waals surface area contributed by atoms with E-state index >= 15 is 0 Å². The molecule has 0 unspecified atom stereocenters. The highest BCUT2D eigenvalue weighted by Crippen LogP contribution is 2.34. The Balaban J connectivity index is 1.98. The number of rotatable bonds is 8. The molecule has 0 saturated heterocycles. The number of nitrogens with one attached hydrogen (secondary N) is 1. The van der Waals surface area contributed by atoms with Gasteiger partial charge in [-0.05, 0) is 37.0 Å². The van der Waals surface area contributed by atoms with Gasteiger partial charge in [-0.15, -0.1) is 0 Å². The van der Waals surface area contributed by atoms with Gasteiger partial charge in [0.25, 0.3) is 0 Å². The van der Waals surface area contributed by atoms with E-state index in [-0.39, 0.29) is 24.6 Å². The van der Waals surface area contributed by atoms with Crippen LogP contribution in [0.3, 0.4) is 0 Å². The zero-order chi connectivity index (χ0) is 19.4. The van der Waals surface area contributed by atoms with Gasteiger partial charge in [0.2, 0.25) is 5.91 Å². The van der Waals surface area contributed by atoms with Gasteiger partial charge in [0.15, 0.2) is 0 Å². The van der Waals surface area contributed by atoms with Crippen LogP contribution >= 0.6 is 11.6 Å². The molecule has 0 radical (unpaired) electrons. The largest absolute Gasteiger partial charge is 0.481 e. The van der Waals surface area contributed by atoms with Crippen molar-refractivity contribution in [1.82, 2.24) is 0 Å². The van der Waals surface area contributed by atoms with Crippen molar-refractivity contribution in [2.24, 2.45) is 5.92 Å². The monoisotopic (exact) mass is 384 g/mol. The maximum Gasteiger partial charge on any atom is 0.305 e. The molecule has 0 heterocycles. The molecule has 0 bridgehead atoms. The molecule has 0 aliphatic heterocycles. The zero-order valence-electron chi connectivity index (χ0n) is 14.8. The van der Waals surface area contributed by atoms with Gasteiger partial charge in [0.1, 0.15) is 0 Å². The molecule has 1 saturated carbocycles. The van der Waals surface area contributed by atoms with E-state index in [4.69, 9.17) is 22.1 Å². The molecular weight excluding hydrogens is 364 g/mol. The first-order valence-corrected chi connectivity index (χ1v) is 9.29. The van der Waals surface area contributed by atoms with E-state index in [0.717, 1.165) is 12.8 Å².